The summed E-state index contributed by atoms with van der Waals surface area (Å²) in [5.74, 6) is -0.358. The first kappa shape index (κ1) is 17.9. The first-order chi connectivity index (χ1) is 12.1. The first-order valence-corrected chi connectivity index (χ1v) is 8.66. The molecule has 2 unspecified atom stereocenters. The maximum Gasteiger partial charge on any atom is 0.181 e. The highest BCUT2D eigenvalue weighted by atomic mass is 19.1. The molecule has 1 aromatic carbocycles. The Hall–Kier alpha value is -1.86. The van der Waals surface area contributed by atoms with E-state index in [1.807, 2.05) is 6.92 Å². The van der Waals surface area contributed by atoms with E-state index in [1.54, 1.807) is 11.8 Å². The average Bonchev–Trinajstić information content (AvgIpc) is 3.00. The maximum absolute atomic E-state index is 13.5. The van der Waals surface area contributed by atoms with E-state index in [9.17, 15) is 8.78 Å². The van der Waals surface area contributed by atoms with Crippen LogP contribution in [0.3, 0.4) is 0 Å². The number of nitrogens with zero attached hydrogens (tertiary/aromatic N) is 3. The van der Waals surface area contributed by atoms with Crippen LogP contribution in [0.15, 0.2) is 18.2 Å². The molecule has 2 heterocycles. The van der Waals surface area contributed by atoms with E-state index >= 15 is 0 Å². The molecule has 5 nitrogen and oxygen atoms in total. The van der Waals surface area contributed by atoms with Gasteiger partial charge in [0.2, 0.25) is 0 Å². The lowest BCUT2D eigenvalue weighted by Crippen LogP contribution is -2.26. The Morgan fingerprint density at radius 3 is 2.64 bits per heavy atom. The SMILES string of the molecule is CCC(OC)c1nc(-c2cc(F)cc(F)c2)nn1CC1CCCCO1. The molecular weight excluding hydrogens is 328 g/mol. The van der Waals surface area contributed by atoms with Gasteiger partial charge in [0.15, 0.2) is 11.6 Å². The van der Waals surface area contributed by atoms with Gasteiger partial charge in [0, 0.05) is 25.3 Å². The zero-order valence-electron chi connectivity index (χ0n) is 14.5. The van der Waals surface area contributed by atoms with Gasteiger partial charge in [-0.15, -0.1) is 0 Å². The second-order valence-electron chi connectivity index (χ2n) is 6.26. The largest absolute Gasteiger partial charge is 0.376 e. The van der Waals surface area contributed by atoms with Gasteiger partial charge in [-0.3, -0.25) is 0 Å². The number of rotatable bonds is 6. The van der Waals surface area contributed by atoms with Crippen LogP contribution in [-0.2, 0) is 16.0 Å². The van der Waals surface area contributed by atoms with Gasteiger partial charge in [-0.1, -0.05) is 6.92 Å². The second kappa shape index (κ2) is 8.01. The van der Waals surface area contributed by atoms with E-state index < -0.39 is 11.6 Å². The standard InChI is InChI=1S/C18H23F2N3O2/c1-3-16(24-2)18-21-17(12-8-13(19)10-14(20)9-12)22-23(18)11-15-6-4-5-7-25-15/h8-10,15-16H,3-7,11H2,1-2H3. The van der Waals surface area contributed by atoms with Gasteiger partial charge < -0.3 is 9.47 Å². The third-order valence-corrected chi connectivity index (χ3v) is 4.41. The molecule has 136 valence electrons. The van der Waals surface area contributed by atoms with Crippen molar-refractivity contribution in [2.24, 2.45) is 0 Å². The van der Waals surface area contributed by atoms with Crippen molar-refractivity contribution >= 4 is 0 Å². The van der Waals surface area contributed by atoms with Crippen LogP contribution in [0.1, 0.15) is 44.5 Å². The molecule has 1 aromatic heterocycles. The third-order valence-electron chi connectivity index (χ3n) is 4.41. The molecule has 25 heavy (non-hydrogen) atoms. The summed E-state index contributed by atoms with van der Waals surface area (Å²) in [5, 5.41) is 4.49. The number of hydrogen-bond donors (Lipinski definition) is 0. The molecule has 0 bridgehead atoms. The fraction of sp³-hybridized carbons (Fsp3) is 0.556. The van der Waals surface area contributed by atoms with Crippen molar-refractivity contribution in [3.8, 4) is 11.4 Å². The molecule has 0 aliphatic carbocycles. The molecule has 1 aliphatic rings. The summed E-state index contributed by atoms with van der Waals surface area (Å²) in [6, 6.07) is 3.30. The van der Waals surface area contributed by atoms with Crippen LogP contribution in [0.25, 0.3) is 11.4 Å². The highest BCUT2D eigenvalue weighted by Gasteiger charge is 2.23. The second-order valence-corrected chi connectivity index (χ2v) is 6.26. The Morgan fingerprint density at radius 2 is 2.04 bits per heavy atom. The van der Waals surface area contributed by atoms with Crippen LogP contribution in [0.2, 0.25) is 0 Å². The number of aromatic nitrogens is 3. The van der Waals surface area contributed by atoms with Gasteiger partial charge >= 0.3 is 0 Å². The van der Waals surface area contributed by atoms with Crippen LogP contribution in [0.5, 0.6) is 0 Å². The van der Waals surface area contributed by atoms with Gasteiger partial charge in [0.25, 0.3) is 0 Å². The van der Waals surface area contributed by atoms with E-state index in [-0.39, 0.29) is 12.2 Å². The molecule has 0 radical (unpaired) electrons. The predicted molar refractivity (Wildman–Crippen MR) is 89.0 cm³/mol. The highest BCUT2D eigenvalue weighted by Crippen LogP contribution is 2.25. The molecule has 7 heteroatoms. The van der Waals surface area contributed by atoms with Crippen molar-refractivity contribution in [2.45, 2.75) is 51.4 Å². The van der Waals surface area contributed by atoms with E-state index in [1.165, 1.54) is 12.1 Å². The molecule has 0 spiro atoms. The van der Waals surface area contributed by atoms with Crippen molar-refractivity contribution in [3.63, 3.8) is 0 Å². The molecule has 0 amide bonds. The minimum absolute atomic E-state index is 0.0701. The van der Waals surface area contributed by atoms with E-state index in [2.05, 4.69) is 10.1 Å². The Labute approximate surface area is 146 Å². The lowest BCUT2D eigenvalue weighted by Gasteiger charge is -2.23. The van der Waals surface area contributed by atoms with Crippen molar-refractivity contribution in [1.82, 2.24) is 14.8 Å². The number of ether oxygens (including phenoxy) is 2. The van der Waals surface area contributed by atoms with Crippen molar-refractivity contribution < 1.29 is 18.3 Å². The monoisotopic (exact) mass is 351 g/mol. The Kier molecular flexibility index (Phi) is 5.75. The smallest absolute Gasteiger partial charge is 0.181 e. The Balaban J connectivity index is 1.95. The summed E-state index contributed by atoms with van der Waals surface area (Å²) in [4.78, 5) is 4.51. The lowest BCUT2D eigenvalue weighted by molar-refractivity contribution is 0.000996. The van der Waals surface area contributed by atoms with Gasteiger partial charge in [-0.05, 0) is 37.8 Å². The molecule has 1 fully saturated rings. The molecular formula is C18H23F2N3O2. The molecule has 0 saturated carbocycles. The van der Waals surface area contributed by atoms with Gasteiger partial charge in [0.05, 0.1) is 12.6 Å². The minimum Gasteiger partial charge on any atom is -0.376 e. The van der Waals surface area contributed by atoms with Crippen LogP contribution < -0.4 is 0 Å². The molecule has 1 saturated heterocycles. The van der Waals surface area contributed by atoms with Crippen LogP contribution in [-0.4, -0.2) is 34.6 Å². The number of hydrogen-bond acceptors (Lipinski definition) is 4. The quantitative estimate of drug-likeness (QED) is 0.792. The Morgan fingerprint density at radius 1 is 1.28 bits per heavy atom. The summed E-state index contributed by atoms with van der Waals surface area (Å²) in [5.41, 5.74) is 0.313. The van der Waals surface area contributed by atoms with E-state index in [0.717, 1.165) is 38.4 Å². The predicted octanol–water partition coefficient (Wildman–Crippen LogP) is 3.89. The van der Waals surface area contributed by atoms with Crippen LogP contribution in [0, 0.1) is 11.6 Å². The molecule has 0 N–H and O–H groups in total. The third kappa shape index (κ3) is 4.22. The van der Waals surface area contributed by atoms with Crippen LogP contribution in [0.4, 0.5) is 8.78 Å². The summed E-state index contributed by atoms with van der Waals surface area (Å²) >= 11 is 0. The number of halogens is 2. The van der Waals surface area contributed by atoms with Crippen molar-refractivity contribution in [3.05, 3.63) is 35.7 Å². The van der Waals surface area contributed by atoms with E-state index in [0.29, 0.717) is 23.8 Å². The molecule has 2 aromatic rings. The fourth-order valence-corrected chi connectivity index (χ4v) is 3.13. The molecule has 3 rings (SSSR count). The van der Waals surface area contributed by atoms with E-state index in [4.69, 9.17) is 9.47 Å². The normalized spacial score (nSPS) is 19.1. The minimum atomic E-state index is -0.651. The molecule has 1 aliphatic heterocycles. The zero-order chi connectivity index (χ0) is 17.8. The topological polar surface area (TPSA) is 49.2 Å². The van der Waals surface area contributed by atoms with Crippen molar-refractivity contribution in [1.29, 1.82) is 0 Å². The average molecular weight is 351 g/mol. The summed E-state index contributed by atoms with van der Waals surface area (Å²) in [6.07, 6.45) is 3.72. The summed E-state index contributed by atoms with van der Waals surface area (Å²) in [6.45, 7) is 3.30. The summed E-state index contributed by atoms with van der Waals surface area (Å²) in [7, 11) is 1.62. The zero-order valence-corrected chi connectivity index (χ0v) is 14.5. The Bertz CT molecular complexity index is 690. The molecule has 2 atom stereocenters. The van der Waals surface area contributed by atoms with Gasteiger partial charge in [-0.2, -0.15) is 5.10 Å². The van der Waals surface area contributed by atoms with Gasteiger partial charge in [-0.25, -0.2) is 18.4 Å². The fourth-order valence-electron chi connectivity index (χ4n) is 3.13. The lowest BCUT2D eigenvalue weighted by atomic mass is 10.1. The number of benzene rings is 1. The summed E-state index contributed by atoms with van der Waals surface area (Å²) < 4.78 is 40.1. The van der Waals surface area contributed by atoms with Gasteiger partial charge in [0.1, 0.15) is 17.7 Å². The van der Waals surface area contributed by atoms with Crippen LogP contribution >= 0.6 is 0 Å². The van der Waals surface area contributed by atoms with Crippen molar-refractivity contribution in [2.75, 3.05) is 13.7 Å². The highest BCUT2D eigenvalue weighted by molar-refractivity contribution is 5.54. The first-order valence-electron chi connectivity index (χ1n) is 8.66. The maximum atomic E-state index is 13.5. The number of methoxy groups -OCH3 is 1.